The van der Waals surface area contributed by atoms with Crippen LogP contribution < -0.4 is 16.2 Å². The minimum atomic E-state index is -0.131. The van der Waals surface area contributed by atoms with Gasteiger partial charge in [-0.15, -0.1) is 0 Å². The van der Waals surface area contributed by atoms with Crippen LogP contribution >= 0.6 is 0 Å². The fourth-order valence-electron chi connectivity index (χ4n) is 5.23. The number of nitrogens with one attached hydrogen (secondary N) is 3. The van der Waals surface area contributed by atoms with E-state index in [0.717, 1.165) is 49.8 Å². The van der Waals surface area contributed by atoms with E-state index in [4.69, 9.17) is 0 Å². The maximum Gasteiger partial charge on any atom is 0.241 e. The average Bonchev–Trinajstić information content (AvgIpc) is 3.25. The first-order valence-electron chi connectivity index (χ1n) is 10.4. The number of hydrogen-bond donors (Lipinski definition) is 3. The molecule has 1 spiro atoms. The Bertz CT molecular complexity index is 911. The lowest BCUT2D eigenvalue weighted by Gasteiger charge is -2.46. The lowest BCUT2D eigenvalue weighted by atomic mass is 9.82. The molecule has 5 heterocycles. The molecule has 2 unspecified atom stereocenters. The molecule has 2 saturated heterocycles. The number of hydrogen-bond acceptors (Lipinski definition) is 5. The molecule has 1 amide bonds. The maximum absolute atomic E-state index is 13.0. The summed E-state index contributed by atoms with van der Waals surface area (Å²) in [6.07, 6.45) is 9.26. The van der Waals surface area contributed by atoms with Crippen LogP contribution in [0, 0.1) is 5.92 Å². The molecule has 3 fully saturated rings. The minimum Gasteiger partial charge on any atom is -0.371 e. The highest BCUT2D eigenvalue weighted by molar-refractivity contribution is 5.82. The lowest BCUT2D eigenvalue weighted by molar-refractivity contribution is -0.134. The molecule has 6 rings (SSSR count). The fourth-order valence-corrected chi connectivity index (χ4v) is 5.23. The van der Waals surface area contributed by atoms with Gasteiger partial charge >= 0.3 is 0 Å². The zero-order valence-electron chi connectivity index (χ0n) is 15.9. The van der Waals surface area contributed by atoms with Crippen molar-refractivity contribution < 1.29 is 4.79 Å². The summed E-state index contributed by atoms with van der Waals surface area (Å²) in [6.45, 7) is 1.55. The third kappa shape index (κ3) is 2.49. The van der Waals surface area contributed by atoms with E-state index in [9.17, 15) is 4.79 Å². The van der Waals surface area contributed by atoms with Gasteiger partial charge in [-0.2, -0.15) is 0 Å². The normalized spacial score (nSPS) is 27.9. The number of anilines is 1. The van der Waals surface area contributed by atoms with E-state index in [1.54, 1.807) is 0 Å². The van der Waals surface area contributed by atoms with Crippen LogP contribution in [0.15, 0.2) is 36.7 Å². The zero-order chi connectivity index (χ0) is 18.7. The van der Waals surface area contributed by atoms with Crippen molar-refractivity contribution in [1.29, 1.82) is 0 Å². The predicted molar refractivity (Wildman–Crippen MR) is 106 cm³/mol. The molecule has 3 aliphatic heterocycles. The molecule has 4 aliphatic rings. The minimum absolute atomic E-state index is 0.0762. The van der Waals surface area contributed by atoms with E-state index in [2.05, 4.69) is 50.1 Å². The monoisotopic (exact) mass is 378 g/mol. The summed E-state index contributed by atoms with van der Waals surface area (Å²) in [4.78, 5) is 19.6. The highest BCUT2D eigenvalue weighted by Gasteiger charge is 2.45. The summed E-state index contributed by atoms with van der Waals surface area (Å²) < 4.78 is 2.20. The number of piperidine rings is 1. The van der Waals surface area contributed by atoms with Crippen LogP contribution in [0.5, 0.6) is 0 Å². The molecule has 2 atom stereocenters. The van der Waals surface area contributed by atoms with Crippen molar-refractivity contribution >= 4 is 11.6 Å². The molecule has 7 heteroatoms. The molecule has 2 aromatic heterocycles. The number of aromatic nitrogens is 2. The Labute approximate surface area is 164 Å². The van der Waals surface area contributed by atoms with Gasteiger partial charge in [0, 0.05) is 37.2 Å². The summed E-state index contributed by atoms with van der Waals surface area (Å²) >= 11 is 0. The summed E-state index contributed by atoms with van der Waals surface area (Å²) in [5, 5.41) is 3.76. The van der Waals surface area contributed by atoms with Crippen LogP contribution in [-0.2, 0) is 10.3 Å². The fraction of sp³-hybridized carbons (Fsp3) is 0.524. The van der Waals surface area contributed by atoms with E-state index in [1.807, 2.05) is 17.2 Å². The molecule has 7 nitrogen and oxygen atoms in total. The Balaban J connectivity index is 1.19. The summed E-state index contributed by atoms with van der Waals surface area (Å²) in [6, 6.07) is 8.74. The first kappa shape index (κ1) is 16.6. The van der Waals surface area contributed by atoms with Crippen molar-refractivity contribution in [2.24, 2.45) is 5.92 Å². The SMILES string of the molecule is O=C(C1CC(C2CC2)NN1)N1CCC2(CC1)Nc1cccnc1-n1cccc12. The smallest absolute Gasteiger partial charge is 0.241 e. The van der Waals surface area contributed by atoms with E-state index in [0.29, 0.717) is 6.04 Å². The van der Waals surface area contributed by atoms with Crippen molar-refractivity contribution in [3.05, 3.63) is 42.4 Å². The Morgan fingerprint density at radius 3 is 2.82 bits per heavy atom. The van der Waals surface area contributed by atoms with Gasteiger partial charge < -0.3 is 14.8 Å². The van der Waals surface area contributed by atoms with Crippen LogP contribution in [-0.4, -0.2) is 45.5 Å². The first-order valence-corrected chi connectivity index (χ1v) is 10.4. The molecule has 3 N–H and O–H groups in total. The number of likely N-dealkylation sites (tertiary alicyclic amines) is 1. The van der Waals surface area contributed by atoms with Gasteiger partial charge in [-0.25, -0.2) is 10.4 Å². The quantitative estimate of drug-likeness (QED) is 0.743. The molecule has 28 heavy (non-hydrogen) atoms. The van der Waals surface area contributed by atoms with Gasteiger partial charge in [0.15, 0.2) is 5.82 Å². The van der Waals surface area contributed by atoms with E-state index in [-0.39, 0.29) is 17.5 Å². The van der Waals surface area contributed by atoms with Crippen molar-refractivity contribution in [2.45, 2.75) is 49.7 Å². The maximum atomic E-state index is 13.0. The van der Waals surface area contributed by atoms with Crippen LogP contribution in [0.1, 0.15) is 37.8 Å². The van der Waals surface area contributed by atoms with Crippen molar-refractivity contribution in [2.75, 3.05) is 18.4 Å². The summed E-state index contributed by atoms with van der Waals surface area (Å²) in [7, 11) is 0. The largest absolute Gasteiger partial charge is 0.371 e. The molecule has 146 valence electrons. The summed E-state index contributed by atoms with van der Waals surface area (Å²) in [5.41, 5.74) is 8.79. The molecule has 1 aliphatic carbocycles. The van der Waals surface area contributed by atoms with Gasteiger partial charge in [0.2, 0.25) is 5.91 Å². The second kappa shape index (κ2) is 6.06. The highest BCUT2D eigenvalue weighted by Crippen LogP contribution is 2.43. The Morgan fingerprint density at radius 1 is 1.14 bits per heavy atom. The number of amides is 1. The van der Waals surface area contributed by atoms with Crippen molar-refractivity contribution in [1.82, 2.24) is 25.3 Å². The number of hydrazine groups is 1. The van der Waals surface area contributed by atoms with Gasteiger partial charge in [-0.05, 0) is 62.3 Å². The second-order valence-electron chi connectivity index (χ2n) is 8.69. The third-order valence-electron chi connectivity index (χ3n) is 6.98. The number of carbonyl (C=O) groups is 1. The van der Waals surface area contributed by atoms with E-state index in [1.165, 1.54) is 18.5 Å². The number of carbonyl (C=O) groups excluding carboxylic acids is 1. The molecular weight excluding hydrogens is 352 g/mol. The molecule has 0 radical (unpaired) electrons. The second-order valence-corrected chi connectivity index (χ2v) is 8.69. The first-order chi connectivity index (χ1) is 13.7. The Morgan fingerprint density at radius 2 is 2.00 bits per heavy atom. The zero-order valence-corrected chi connectivity index (χ0v) is 15.9. The van der Waals surface area contributed by atoms with Crippen LogP contribution in [0.3, 0.4) is 0 Å². The molecule has 0 bridgehead atoms. The van der Waals surface area contributed by atoms with Crippen molar-refractivity contribution in [3.8, 4) is 5.82 Å². The van der Waals surface area contributed by atoms with Crippen LogP contribution in [0.4, 0.5) is 5.69 Å². The predicted octanol–water partition coefficient (Wildman–Crippen LogP) is 1.76. The third-order valence-corrected chi connectivity index (χ3v) is 6.98. The van der Waals surface area contributed by atoms with E-state index >= 15 is 0 Å². The van der Waals surface area contributed by atoms with E-state index < -0.39 is 0 Å². The molecular formula is C21H26N6O. The highest BCUT2D eigenvalue weighted by atomic mass is 16.2. The standard InChI is InChI=1S/C21H26N6O/c28-20(17-13-16(24-25-17)14-5-6-14)26-11-7-21(8-12-26)18-4-2-10-27(18)19-15(23-21)3-1-9-22-19/h1-4,9-10,14,16-17,23-25H,5-8,11-13H2. The van der Waals surface area contributed by atoms with Crippen LogP contribution in [0.25, 0.3) is 5.82 Å². The molecule has 1 saturated carbocycles. The number of rotatable bonds is 2. The van der Waals surface area contributed by atoms with Crippen LogP contribution in [0.2, 0.25) is 0 Å². The van der Waals surface area contributed by atoms with Gasteiger partial charge in [0.1, 0.15) is 6.04 Å². The number of nitrogens with zero attached hydrogens (tertiary/aromatic N) is 3. The van der Waals surface area contributed by atoms with Gasteiger partial charge in [-0.3, -0.25) is 10.2 Å². The van der Waals surface area contributed by atoms with Crippen molar-refractivity contribution in [3.63, 3.8) is 0 Å². The van der Waals surface area contributed by atoms with Gasteiger partial charge in [-0.1, -0.05) is 0 Å². The lowest BCUT2D eigenvalue weighted by Crippen LogP contribution is -2.54. The Hall–Kier alpha value is -2.38. The van der Waals surface area contributed by atoms with Gasteiger partial charge in [0.05, 0.1) is 11.2 Å². The number of fused-ring (bicyclic) bond motifs is 4. The summed E-state index contributed by atoms with van der Waals surface area (Å²) in [5.74, 6) is 1.97. The number of pyridine rings is 1. The van der Waals surface area contributed by atoms with Gasteiger partial charge in [0.25, 0.3) is 0 Å². The molecule has 2 aromatic rings. The average molecular weight is 378 g/mol. The topological polar surface area (TPSA) is 74.2 Å². The molecule has 0 aromatic carbocycles. The Kier molecular flexibility index (Phi) is 3.58.